The molecule has 2 heteroatoms. The highest BCUT2D eigenvalue weighted by Gasteiger charge is 2.51. The Balaban J connectivity index is 1.88. The van der Waals surface area contributed by atoms with Crippen molar-refractivity contribution in [1.82, 2.24) is 4.90 Å². The first kappa shape index (κ1) is 12.2. The Bertz CT molecular complexity index is 403. The molecule has 0 aromatic heterocycles. The normalized spacial score (nSPS) is 33.6. The van der Waals surface area contributed by atoms with Gasteiger partial charge in [0.05, 0.1) is 0 Å². The predicted octanol–water partition coefficient (Wildman–Crippen LogP) is 2.95. The molecule has 1 aromatic rings. The molecule has 1 heterocycles. The van der Waals surface area contributed by atoms with Gasteiger partial charge in [-0.25, -0.2) is 0 Å². The van der Waals surface area contributed by atoms with Crippen molar-refractivity contribution in [3.05, 3.63) is 35.9 Å². The summed E-state index contributed by atoms with van der Waals surface area (Å²) in [7, 11) is 0. The molecule has 3 rings (SSSR count). The lowest BCUT2D eigenvalue weighted by Gasteiger charge is -2.41. The lowest BCUT2D eigenvalue weighted by Crippen LogP contribution is -2.51. The summed E-state index contributed by atoms with van der Waals surface area (Å²) in [6, 6.07) is 11.4. The van der Waals surface area contributed by atoms with Crippen molar-refractivity contribution < 1.29 is 0 Å². The summed E-state index contributed by atoms with van der Waals surface area (Å²) >= 11 is 0. The average Bonchev–Trinajstić information content (AvgIpc) is 2.97. The van der Waals surface area contributed by atoms with Crippen molar-refractivity contribution >= 4 is 0 Å². The zero-order valence-electron chi connectivity index (χ0n) is 11.3. The van der Waals surface area contributed by atoms with Crippen LogP contribution in [0.25, 0.3) is 0 Å². The summed E-state index contributed by atoms with van der Waals surface area (Å²) in [6.45, 7) is 4.39. The van der Waals surface area contributed by atoms with Crippen LogP contribution >= 0.6 is 0 Å². The quantitative estimate of drug-likeness (QED) is 0.885. The molecule has 1 aliphatic carbocycles. The Morgan fingerprint density at radius 2 is 2.11 bits per heavy atom. The molecule has 0 spiro atoms. The summed E-state index contributed by atoms with van der Waals surface area (Å²) < 4.78 is 0. The number of nitrogens with two attached hydrogens (primary N) is 1. The van der Waals surface area contributed by atoms with E-state index in [-0.39, 0.29) is 0 Å². The third kappa shape index (κ3) is 1.70. The van der Waals surface area contributed by atoms with Crippen LogP contribution in [0, 0.1) is 5.92 Å². The van der Waals surface area contributed by atoms with Gasteiger partial charge < -0.3 is 5.73 Å². The van der Waals surface area contributed by atoms with Crippen LogP contribution in [0.3, 0.4) is 0 Å². The minimum absolute atomic E-state index is 0.301. The largest absolute Gasteiger partial charge is 0.329 e. The number of hydrogen-bond donors (Lipinski definition) is 1. The fourth-order valence-corrected chi connectivity index (χ4v) is 4.31. The predicted molar refractivity (Wildman–Crippen MR) is 75.3 cm³/mol. The van der Waals surface area contributed by atoms with Crippen molar-refractivity contribution in [2.75, 3.05) is 13.1 Å². The molecule has 2 nitrogen and oxygen atoms in total. The zero-order chi connectivity index (χ0) is 12.6. The SMILES string of the molecule is C[C@@H](c1ccccc1)N1CC[C@@H]2CCC[C@@]21CN. The minimum atomic E-state index is 0.301. The van der Waals surface area contributed by atoms with Crippen molar-refractivity contribution in [3.8, 4) is 0 Å². The first-order chi connectivity index (χ1) is 8.78. The van der Waals surface area contributed by atoms with E-state index in [0.29, 0.717) is 11.6 Å². The third-order valence-corrected chi connectivity index (χ3v) is 5.32. The van der Waals surface area contributed by atoms with Gasteiger partial charge in [0.15, 0.2) is 0 Å². The van der Waals surface area contributed by atoms with Crippen molar-refractivity contribution in [3.63, 3.8) is 0 Å². The molecule has 0 amide bonds. The molecule has 1 aliphatic heterocycles. The van der Waals surface area contributed by atoms with Crippen molar-refractivity contribution in [2.45, 2.75) is 44.2 Å². The van der Waals surface area contributed by atoms with E-state index in [9.17, 15) is 0 Å². The molecule has 0 unspecified atom stereocenters. The molecule has 1 saturated heterocycles. The molecule has 2 aliphatic rings. The first-order valence-electron chi connectivity index (χ1n) is 7.30. The standard InChI is InChI=1S/C16H24N2/c1-13(14-6-3-2-4-7-14)18-11-9-15-8-5-10-16(15,18)12-17/h2-4,6-7,13,15H,5,8-12,17H2,1H3/t13-,15-,16+/m0/s1. The Kier molecular flexibility index (Phi) is 3.16. The van der Waals surface area contributed by atoms with E-state index >= 15 is 0 Å². The Morgan fingerprint density at radius 1 is 1.33 bits per heavy atom. The number of nitrogens with zero attached hydrogens (tertiary/aromatic N) is 1. The van der Waals surface area contributed by atoms with Crippen molar-refractivity contribution in [1.29, 1.82) is 0 Å². The van der Waals surface area contributed by atoms with E-state index < -0.39 is 0 Å². The third-order valence-electron chi connectivity index (χ3n) is 5.32. The number of rotatable bonds is 3. The number of hydrogen-bond acceptors (Lipinski definition) is 2. The van der Waals surface area contributed by atoms with E-state index in [1.54, 1.807) is 0 Å². The van der Waals surface area contributed by atoms with Gasteiger partial charge in [0.1, 0.15) is 0 Å². The van der Waals surface area contributed by atoms with Gasteiger partial charge in [0, 0.05) is 18.1 Å². The number of fused-ring (bicyclic) bond motifs is 1. The highest BCUT2D eigenvalue weighted by molar-refractivity contribution is 5.21. The molecule has 1 saturated carbocycles. The van der Waals surface area contributed by atoms with Gasteiger partial charge in [0.25, 0.3) is 0 Å². The first-order valence-corrected chi connectivity index (χ1v) is 7.30. The summed E-state index contributed by atoms with van der Waals surface area (Å²) in [6.07, 6.45) is 5.38. The van der Waals surface area contributed by atoms with Gasteiger partial charge in [0.2, 0.25) is 0 Å². The summed E-state index contributed by atoms with van der Waals surface area (Å²) in [4.78, 5) is 2.69. The minimum Gasteiger partial charge on any atom is -0.329 e. The maximum Gasteiger partial charge on any atom is 0.0366 e. The lowest BCUT2D eigenvalue weighted by molar-refractivity contribution is 0.0856. The van der Waals surface area contributed by atoms with Gasteiger partial charge in [-0.2, -0.15) is 0 Å². The summed E-state index contributed by atoms with van der Waals surface area (Å²) in [5.74, 6) is 0.841. The van der Waals surface area contributed by atoms with E-state index in [0.717, 1.165) is 12.5 Å². The highest BCUT2D eigenvalue weighted by Crippen LogP contribution is 2.49. The molecule has 3 atom stereocenters. The Morgan fingerprint density at radius 3 is 2.83 bits per heavy atom. The van der Waals surface area contributed by atoms with Crippen LogP contribution in [0.2, 0.25) is 0 Å². The van der Waals surface area contributed by atoms with Gasteiger partial charge in [-0.15, -0.1) is 0 Å². The van der Waals surface area contributed by atoms with Crippen molar-refractivity contribution in [2.24, 2.45) is 11.7 Å². The van der Waals surface area contributed by atoms with E-state index in [1.807, 2.05) is 0 Å². The van der Waals surface area contributed by atoms with Crippen LogP contribution in [0.15, 0.2) is 30.3 Å². The van der Waals surface area contributed by atoms with Crippen LogP contribution in [0.5, 0.6) is 0 Å². The smallest absolute Gasteiger partial charge is 0.0366 e. The molecule has 2 fully saturated rings. The topological polar surface area (TPSA) is 29.3 Å². The molecule has 18 heavy (non-hydrogen) atoms. The summed E-state index contributed by atoms with van der Waals surface area (Å²) in [5, 5.41) is 0. The monoisotopic (exact) mass is 244 g/mol. The molecular weight excluding hydrogens is 220 g/mol. The van der Waals surface area contributed by atoms with Gasteiger partial charge >= 0.3 is 0 Å². The Labute approximate surface area is 110 Å². The second-order valence-corrected chi connectivity index (χ2v) is 5.97. The number of benzene rings is 1. The second kappa shape index (κ2) is 4.67. The van der Waals surface area contributed by atoms with Crippen LogP contribution < -0.4 is 5.73 Å². The molecule has 2 N–H and O–H groups in total. The lowest BCUT2D eigenvalue weighted by atomic mass is 9.87. The average molecular weight is 244 g/mol. The highest BCUT2D eigenvalue weighted by atomic mass is 15.3. The molecule has 0 radical (unpaired) electrons. The zero-order valence-corrected chi connectivity index (χ0v) is 11.3. The van der Waals surface area contributed by atoms with E-state index in [1.165, 1.54) is 37.8 Å². The number of likely N-dealkylation sites (tertiary alicyclic amines) is 1. The molecule has 1 aromatic carbocycles. The van der Waals surface area contributed by atoms with Gasteiger partial charge in [-0.1, -0.05) is 36.8 Å². The molecule has 0 bridgehead atoms. The maximum absolute atomic E-state index is 6.17. The van der Waals surface area contributed by atoms with Crippen LogP contribution in [0.4, 0.5) is 0 Å². The fraction of sp³-hybridized carbons (Fsp3) is 0.625. The molecular formula is C16H24N2. The summed E-state index contributed by atoms with van der Waals surface area (Å²) in [5.41, 5.74) is 7.90. The van der Waals surface area contributed by atoms with Crippen LogP contribution in [-0.4, -0.2) is 23.5 Å². The van der Waals surface area contributed by atoms with Crippen LogP contribution in [-0.2, 0) is 0 Å². The molecule has 98 valence electrons. The fourth-order valence-electron chi connectivity index (χ4n) is 4.31. The van der Waals surface area contributed by atoms with E-state index in [2.05, 4.69) is 42.2 Å². The Hall–Kier alpha value is -0.860. The van der Waals surface area contributed by atoms with Gasteiger partial charge in [-0.3, -0.25) is 4.90 Å². The van der Waals surface area contributed by atoms with Crippen LogP contribution in [0.1, 0.15) is 44.2 Å². The second-order valence-electron chi connectivity index (χ2n) is 5.97. The van der Waals surface area contributed by atoms with Gasteiger partial charge in [-0.05, 0) is 44.2 Å². The van der Waals surface area contributed by atoms with E-state index in [4.69, 9.17) is 5.73 Å². The maximum atomic E-state index is 6.17.